The van der Waals surface area contributed by atoms with Crippen LogP contribution in [0.2, 0.25) is 0 Å². The largest absolute Gasteiger partial charge is 0.497 e. The molecule has 0 aliphatic carbocycles. The highest BCUT2D eigenvalue weighted by molar-refractivity contribution is 5.96. The Morgan fingerprint density at radius 3 is 2.60 bits per heavy atom. The van der Waals surface area contributed by atoms with Gasteiger partial charge in [0.1, 0.15) is 17.6 Å². The number of hydrogen-bond donors (Lipinski definition) is 2. The maximum absolute atomic E-state index is 12.7. The molecule has 7 nitrogen and oxygen atoms in total. The number of likely N-dealkylation sites (tertiary alicyclic amines) is 1. The third kappa shape index (κ3) is 3.36. The first-order chi connectivity index (χ1) is 12.0. The first-order valence-corrected chi connectivity index (χ1v) is 8.06. The van der Waals surface area contributed by atoms with Crippen LogP contribution in [0.4, 0.5) is 0 Å². The number of methoxy groups -OCH3 is 1. The van der Waals surface area contributed by atoms with Crippen LogP contribution in [0.5, 0.6) is 5.75 Å². The van der Waals surface area contributed by atoms with E-state index in [0.717, 1.165) is 11.3 Å². The number of likely N-dealkylation sites (N-methyl/N-ethyl adjacent to an activating group) is 1. The van der Waals surface area contributed by atoms with Crippen molar-refractivity contribution in [3.63, 3.8) is 0 Å². The van der Waals surface area contributed by atoms with Gasteiger partial charge in [-0.2, -0.15) is 0 Å². The van der Waals surface area contributed by atoms with E-state index in [4.69, 9.17) is 14.9 Å². The highest BCUT2D eigenvalue weighted by Gasteiger charge is 2.39. The lowest BCUT2D eigenvalue weighted by atomic mass is 10.1. The van der Waals surface area contributed by atoms with Crippen LogP contribution in [0.15, 0.2) is 40.8 Å². The van der Waals surface area contributed by atoms with Crippen molar-refractivity contribution in [2.45, 2.75) is 18.5 Å². The summed E-state index contributed by atoms with van der Waals surface area (Å²) < 4.78 is 10.8. The molecule has 2 amide bonds. The molecule has 0 saturated carbocycles. The minimum atomic E-state index is -0.568. The fraction of sp³-hybridized carbons (Fsp3) is 0.333. The molecule has 3 N–H and O–H groups in total. The van der Waals surface area contributed by atoms with E-state index in [9.17, 15) is 9.59 Å². The first kappa shape index (κ1) is 17.0. The van der Waals surface area contributed by atoms with E-state index in [0.29, 0.717) is 18.7 Å². The summed E-state index contributed by atoms with van der Waals surface area (Å²) in [5.41, 5.74) is 6.77. The highest BCUT2D eigenvalue weighted by atomic mass is 16.5. The zero-order valence-corrected chi connectivity index (χ0v) is 14.2. The van der Waals surface area contributed by atoms with Crippen molar-refractivity contribution in [2.24, 2.45) is 5.73 Å². The Labute approximate surface area is 145 Å². The lowest BCUT2D eigenvalue weighted by Gasteiger charge is -2.21. The Hall–Kier alpha value is -2.80. The van der Waals surface area contributed by atoms with Crippen LogP contribution in [-0.2, 0) is 4.79 Å². The fourth-order valence-corrected chi connectivity index (χ4v) is 3.01. The molecule has 132 valence electrons. The molecule has 1 aliphatic rings. The van der Waals surface area contributed by atoms with E-state index in [2.05, 4.69) is 5.32 Å². The summed E-state index contributed by atoms with van der Waals surface area (Å²) in [5.74, 6) is 0.954. The Morgan fingerprint density at radius 2 is 1.96 bits per heavy atom. The smallest absolute Gasteiger partial charge is 0.290 e. The molecule has 2 aromatic rings. The summed E-state index contributed by atoms with van der Waals surface area (Å²) in [7, 11) is 3.14. The summed E-state index contributed by atoms with van der Waals surface area (Å²) in [6.45, 7) is 0.329. The van der Waals surface area contributed by atoms with E-state index >= 15 is 0 Å². The van der Waals surface area contributed by atoms with Crippen LogP contribution in [0.25, 0.3) is 11.3 Å². The van der Waals surface area contributed by atoms with E-state index < -0.39 is 6.04 Å². The predicted molar refractivity (Wildman–Crippen MR) is 92.2 cm³/mol. The van der Waals surface area contributed by atoms with Gasteiger partial charge in [-0.25, -0.2) is 0 Å². The van der Waals surface area contributed by atoms with Gasteiger partial charge in [-0.3, -0.25) is 9.59 Å². The zero-order chi connectivity index (χ0) is 18.0. The topological polar surface area (TPSA) is 97.8 Å². The Morgan fingerprint density at radius 1 is 1.24 bits per heavy atom. The number of amides is 2. The molecule has 0 bridgehead atoms. The maximum atomic E-state index is 12.7. The number of hydrogen-bond acceptors (Lipinski definition) is 5. The molecule has 0 radical (unpaired) electrons. The number of nitrogens with one attached hydrogen (secondary N) is 1. The van der Waals surface area contributed by atoms with Gasteiger partial charge >= 0.3 is 0 Å². The third-order valence-electron chi connectivity index (χ3n) is 4.33. The molecule has 3 rings (SSSR count). The number of carbonyl (C=O) groups excluding carboxylic acids is 2. The summed E-state index contributed by atoms with van der Waals surface area (Å²) in [6, 6.07) is 9.91. The lowest BCUT2D eigenvalue weighted by molar-refractivity contribution is -0.124. The second-order valence-electron chi connectivity index (χ2n) is 5.98. The standard InChI is InChI=1S/C18H21N3O4/c1-20-17(22)14-9-12(19)10-21(14)18(23)16-8-7-15(25-16)11-3-5-13(24-2)6-4-11/h3-8,12,14H,9-10,19H2,1-2H3,(H,20,22)/t12-,14+/m1/s1. The van der Waals surface area contributed by atoms with Crippen LogP contribution in [0.3, 0.4) is 0 Å². The van der Waals surface area contributed by atoms with Gasteiger partial charge in [0.05, 0.1) is 7.11 Å². The van der Waals surface area contributed by atoms with Crippen molar-refractivity contribution in [3.8, 4) is 17.1 Å². The summed E-state index contributed by atoms with van der Waals surface area (Å²) in [6.07, 6.45) is 0.442. The van der Waals surface area contributed by atoms with Crippen LogP contribution in [0.1, 0.15) is 17.0 Å². The lowest BCUT2D eigenvalue weighted by Crippen LogP contribution is -2.44. The molecule has 7 heteroatoms. The van der Waals surface area contributed by atoms with E-state index in [1.165, 1.54) is 4.90 Å². The summed E-state index contributed by atoms with van der Waals surface area (Å²) in [5, 5.41) is 2.57. The molecule has 1 aromatic heterocycles. The number of nitrogens with two attached hydrogens (primary N) is 1. The normalized spacial score (nSPS) is 19.7. The Balaban J connectivity index is 1.81. The molecule has 2 atom stereocenters. The van der Waals surface area contributed by atoms with Gasteiger partial charge in [0, 0.05) is 25.2 Å². The first-order valence-electron chi connectivity index (χ1n) is 8.06. The van der Waals surface area contributed by atoms with Crippen LogP contribution >= 0.6 is 0 Å². The molecular formula is C18H21N3O4. The number of furan rings is 1. The molecular weight excluding hydrogens is 322 g/mol. The molecule has 1 saturated heterocycles. The minimum Gasteiger partial charge on any atom is -0.497 e. The molecule has 1 aromatic carbocycles. The number of ether oxygens (including phenoxy) is 1. The predicted octanol–water partition coefficient (Wildman–Crippen LogP) is 1.24. The summed E-state index contributed by atoms with van der Waals surface area (Å²) >= 11 is 0. The average Bonchev–Trinajstić information content (AvgIpc) is 3.27. The van der Waals surface area contributed by atoms with Gasteiger partial charge in [-0.05, 0) is 42.8 Å². The number of rotatable bonds is 4. The van der Waals surface area contributed by atoms with Gasteiger partial charge < -0.3 is 25.1 Å². The van der Waals surface area contributed by atoms with Crippen LogP contribution < -0.4 is 15.8 Å². The van der Waals surface area contributed by atoms with E-state index in [1.54, 1.807) is 26.3 Å². The highest BCUT2D eigenvalue weighted by Crippen LogP contribution is 2.26. The maximum Gasteiger partial charge on any atom is 0.290 e. The quantitative estimate of drug-likeness (QED) is 0.870. The second kappa shape index (κ2) is 6.98. The van der Waals surface area contributed by atoms with Crippen molar-refractivity contribution in [2.75, 3.05) is 20.7 Å². The Kier molecular flexibility index (Phi) is 4.76. The minimum absolute atomic E-state index is 0.189. The van der Waals surface area contributed by atoms with E-state index in [1.807, 2.05) is 24.3 Å². The van der Waals surface area contributed by atoms with Crippen LogP contribution in [-0.4, -0.2) is 49.5 Å². The third-order valence-corrected chi connectivity index (χ3v) is 4.33. The number of benzene rings is 1. The molecule has 1 aliphatic heterocycles. The molecule has 25 heavy (non-hydrogen) atoms. The van der Waals surface area contributed by atoms with Crippen molar-refractivity contribution >= 4 is 11.8 Å². The molecule has 0 unspecified atom stereocenters. The van der Waals surface area contributed by atoms with Crippen molar-refractivity contribution < 1.29 is 18.7 Å². The molecule has 0 spiro atoms. The zero-order valence-electron chi connectivity index (χ0n) is 14.2. The van der Waals surface area contributed by atoms with Crippen LogP contribution in [0, 0.1) is 0 Å². The molecule has 1 fully saturated rings. The van der Waals surface area contributed by atoms with E-state index in [-0.39, 0.29) is 23.6 Å². The number of carbonyl (C=O) groups is 2. The SMILES string of the molecule is CNC(=O)[C@@H]1C[C@@H](N)CN1C(=O)c1ccc(-c2ccc(OC)cc2)o1. The van der Waals surface area contributed by atoms with Crippen molar-refractivity contribution in [1.29, 1.82) is 0 Å². The van der Waals surface area contributed by atoms with Gasteiger partial charge in [-0.15, -0.1) is 0 Å². The second-order valence-corrected chi connectivity index (χ2v) is 5.98. The Bertz CT molecular complexity index is 769. The number of nitrogens with zero attached hydrogens (tertiary/aromatic N) is 1. The average molecular weight is 343 g/mol. The van der Waals surface area contributed by atoms with Crippen molar-refractivity contribution in [1.82, 2.24) is 10.2 Å². The molecule has 2 heterocycles. The fourth-order valence-electron chi connectivity index (χ4n) is 3.01. The van der Waals surface area contributed by atoms with Gasteiger partial charge in [0.2, 0.25) is 5.91 Å². The van der Waals surface area contributed by atoms with Crippen molar-refractivity contribution in [3.05, 3.63) is 42.2 Å². The summed E-state index contributed by atoms with van der Waals surface area (Å²) in [4.78, 5) is 26.2. The van der Waals surface area contributed by atoms with Gasteiger partial charge in [0.25, 0.3) is 5.91 Å². The monoisotopic (exact) mass is 343 g/mol. The van der Waals surface area contributed by atoms with Gasteiger partial charge in [-0.1, -0.05) is 0 Å². The van der Waals surface area contributed by atoms with Gasteiger partial charge in [0.15, 0.2) is 5.76 Å².